The highest BCUT2D eigenvalue weighted by molar-refractivity contribution is 6.32. The molecule has 0 radical (unpaired) electrons. The van der Waals surface area contributed by atoms with E-state index in [1.807, 2.05) is 6.92 Å². The van der Waals surface area contributed by atoms with E-state index < -0.39 is 0 Å². The van der Waals surface area contributed by atoms with Crippen molar-refractivity contribution in [1.29, 1.82) is 0 Å². The Labute approximate surface area is 108 Å². The first kappa shape index (κ1) is 14.0. The van der Waals surface area contributed by atoms with Crippen LogP contribution in [0.4, 0.5) is 11.8 Å². The molecule has 0 aliphatic carbocycles. The van der Waals surface area contributed by atoms with Gasteiger partial charge in [0.1, 0.15) is 5.02 Å². The standard InChI is InChI=1S/C12H21ClN4/c1-4-7-9(5-2)16-11-10(13)8-15-12(17-11)14-6-3/h8-9H,4-7H2,1-3H3,(H2,14,15,16,17). The first-order chi connectivity index (χ1) is 8.21. The van der Waals surface area contributed by atoms with E-state index in [-0.39, 0.29) is 0 Å². The average molecular weight is 257 g/mol. The molecule has 1 aromatic heterocycles. The molecule has 5 heteroatoms. The van der Waals surface area contributed by atoms with Gasteiger partial charge in [-0.2, -0.15) is 4.98 Å². The van der Waals surface area contributed by atoms with Crippen LogP contribution in [0.15, 0.2) is 6.20 Å². The number of aromatic nitrogens is 2. The van der Waals surface area contributed by atoms with E-state index in [0.29, 0.717) is 17.0 Å². The number of hydrogen-bond acceptors (Lipinski definition) is 4. The Kier molecular flexibility index (Phi) is 6.05. The second-order valence-electron chi connectivity index (χ2n) is 3.96. The Morgan fingerprint density at radius 1 is 1.35 bits per heavy atom. The first-order valence-corrected chi connectivity index (χ1v) is 6.61. The van der Waals surface area contributed by atoms with Crippen LogP contribution in [0.2, 0.25) is 5.02 Å². The Bertz CT molecular complexity index is 343. The lowest BCUT2D eigenvalue weighted by molar-refractivity contribution is 0.620. The van der Waals surface area contributed by atoms with Crippen molar-refractivity contribution >= 4 is 23.4 Å². The third kappa shape index (κ3) is 4.38. The zero-order valence-corrected chi connectivity index (χ0v) is 11.5. The van der Waals surface area contributed by atoms with E-state index in [2.05, 4.69) is 34.4 Å². The van der Waals surface area contributed by atoms with E-state index in [0.717, 1.165) is 31.6 Å². The van der Waals surface area contributed by atoms with Crippen molar-refractivity contribution in [2.75, 3.05) is 17.2 Å². The summed E-state index contributed by atoms with van der Waals surface area (Å²) in [4.78, 5) is 8.48. The SMILES string of the molecule is CCCC(CC)Nc1nc(NCC)ncc1Cl. The molecule has 0 saturated heterocycles. The lowest BCUT2D eigenvalue weighted by atomic mass is 10.1. The molecule has 1 rings (SSSR count). The Morgan fingerprint density at radius 2 is 2.12 bits per heavy atom. The maximum absolute atomic E-state index is 6.08. The molecule has 1 atom stereocenters. The van der Waals surface area contributed by atoms with Gasteiger partial charge in [-0.3, -0.25) is 0 Å². The maximum atomic E-state index is 6.08. The highest BCUT2D eigenvalue weighted by Crippen LogP contribution is 2.21. The molecule has 1 heterocycles. The van der Waals surface area contributed by atoms with Crippen LogP contribution in [0.1, 0.15) is 40.0 Å². The number of rotatable bonds is 7. The van der Waals surface area contributed by atoms with Crippen LogP contribution in [-0.4, -0.2) is 22.6 Å². The number of nitrogens with zero attached hydrogens (tertiary/aromatic N) is 2. The topological polar surface area (TPSA) is 49.8 Å². The number of anilines is 2. The van der Waals surface area contributed by atoms with E-state index in [9.17, 15) is 0 Å². The molecule has 0 aromatic carbocycles. The molecule has 96 valence electrons. The van der Waals surface area contributed by atoms with Crippen molar-refractivity contribution in [3.63, 3.8) is 0 Å². The summed E-state index contributed by atoms with van der Waals surface area (Å²) in [5.41, 5.74) is 0. The fourth-order valence-corrected chi connectivity index (χ4v) is 1.78. The molecule has 1 unspecified atom stereocenters. The quantitative estimate of drug-likeness (QED) is 0.783. The summed E-state index contributed by atoms with van der Waals surface area (Å²) in [6.45, 7) is 7.15. The summed E-state index contributed by atoms with van der Waals surface area (Å²) in [7, 11) is 0. The molecule has 2 N–H and O–H groups in total. The zero-order chi connectivity index (χ0) is 12.7. The van der Waals surface area contributed by atoms with E-state index in [1.54, 1.807) is 6.20 Å². The van der Waals surface area contributed by atoms with Gasteiger partial charge in [0.2, 0.25) is 5.95 Å². The smallest absolute Gasteiger partial charge is 0.224 e. The predicted octanol–water partition coefficient (Wildman–Crippen LogP) is 3.55. The van der Waals surface area contributed by atoms with Gasteiger partial charge in [0.05, 0.1) is 6.20 Å². The zero-order valence-electron chi connectivity index (χ0n) is 10.8. The molecular formula is C12H21ClN4. The van der Waals surface area contributed by atoms with Crippen LogP contribution in [0.25, 0.3) is 0 Å². The van der Waals surface area contributed by atoms with Gasteiger partial charge in [0.15, 0.2) is 5.82 Å². The van der Waals surface area contributed by atoms with Crippen molar-refractivity contribution in [2.24, 2.45) is 0 Å². The lowest BCUT2D eigenvalue weighted by Crippen LogP contribution is -2.19. The molecule has 0 amide bonds. The second kappa shape index (κ2) is 7.33. The van der Waals surface area contributed by atoms with Crippen LogP contribution >= 0.6 is 11.6 Å². The molecule has 0 saturated carbocycles. The average Bonchev–Trinajstić information content (AvgIpc) is 2.33. The second-order valence-corrected chi connectivity index (χ2v) is 4.37. The summed E-state index contributed by atoms with van der Waals surface area (Å²) in [6, 6.07) is 0.418. The van der Waals surface area contributed by atoms with E-state index in [4.69, 9.17) is 11.6 Å². The minimum Gasteiger partial charge on any atom is -0.366 e. The lowest BCUT2D eigenvalue weighted by Gasteiger charge is -2.17. The molecule has 0 spiro atoms. The minimum atomic E-state index is 0.418. The molecular weight excluding hydrogens is 236 g/mol. The normalized spacial score (nSPS) is 12.2. The molecule has 0 aliphatic rings. The molecule has 0 fully saturated rings. The van der Waals surface area contributed by atoms with Crippen LogP contribution in [0.3, 0.4) is 0 Å². The maximum Gasteiger partial charge on any atom is 0.224 e. The van der Waals surface area contributed by atoms with Crippen LogP contribution < -0.4 is 10.6 Å². The monoisotopic (exact) mass is 256 g/mol. The fourth-order valence-electron chi connectivity index (χ4n) is 1.63. The Balaban J connectivity index is 2.76. The van der Waals surface area contributed by atoms with Crippen molar-refractivity contribution in [3.8, 4) is 0 Å². The number of hydrogen-bond donors (Lipinski definition) is 2. The highest BCUT2D eigenvalue weighted by atomic mass is 35.5. The van der Waals surface area contributed by atoms with Crippen LogP contribution in [-0.2, 0) is 0 Å². The van der Waals surface area contributed by atoms with Crippen molar-refractivity contribution in [1.82, 2.24) is 9.97 Å². The van der Waals surface area contributed by atoms with Gasteiger partial charge in [-0.05, 0) is 19.8 Å². The fraction of sp³-hybridized carbons (Fsp3) is 0.667. The first-order valence-electron chi connectivity index (χ1n) is 6.24. The summed E-state index contributed by atoms with van der Waals surface area (Å²) < 4.78 is 0. The molecule has 4 nitrogen and oxygen atoms in total. The van der Waals surface area contributed by atoms with Gasteiger partial charge in [-0.1, -0.05) is 31.9 Å². The third-order valence-corrected chi connectivity index (χ3v) is 2.83. The number of nitrogens with one attached hydrogen (secondary N) is 2. The number of halogens is 1. The van der Waals surface area contributed by atoms with Gasteiger partial charge in [-0.15, -0.1) is 0 Å². The molecule has 0 bridgehead atoms. The third-order valence-electron chi connectivity index (χ3n) is 2.55. The van der Waals surface area contributed by atoms with Crippen molar-refractivity contribution in [2.45, 2.75) is 46.1 Å². The summed E-state index contributed by atoms with van der Waals surface area (Å²) in [5.74, 6) is 1.34. The van der Waals surface area contributed by atoms with Crippen LogP contribution in [0.5, 0.6) is 0 Å². The predicted molar refractivity (Wildman–Crippen MR) is 73.8 cm³/mol. The van der Waals surface area contributed by atoms with Gasteiger partial charge >= 0.3 is 0 Å². The highest BCUT2D eigenvalue weighted by Gasteiger charge is 2.10. The Hall–Kier alpha value is -1.03. The molecule has 0 aliphatic heterocycles. The van der Waals surface area contributed by atoms with E-state index in [1.165, 1.54) is 0 Å². The van der Waals surface area contributed by atoms with Crippen molar-refractivity contribution < 1.29 is 0 Å². The van der Waals surface area contributed by atoms with Gasteiger partial charge in [0.25, 0.3) is 0 Å². The summed E-state index contributed by atoms with van der Waals surface area (Å²) in [6.07, 6.45) is 4.96. The van der Waals surface area contributed by atoms with Crippen LogP contribution in [0, 0.1) is 0 Å². The largest absolute Gasteiger partial charge is 0.366 e. The molecule has 1 aromatic rings. The summed E-state index contributed by atoms with van der Waals surface area (Å²) in [5, 5.41) is 7.02. The minimum absolute atomic E-state index is 0.418. The van der Waals surface area contributed by atoms with Gasteiger partial charge < -0.3 is 10.6 Å². The van der Waals surface area contributed by atoms with Gasteiger partial charge in [0, 0.05) is 12.6 Å². The van der Waals surface area contributed by atoms with Crippen molar-refractivity contribution in [3.05, 3.63) is 11.2 Å². The molecule has 17 heavy (non-hydrogen) atoms. The van der Waals surface area contributed by atoms with E-state index >= 15 is 0 Å². The summed E-state index contributed by atoms with van der Waals surface area (Å²) >= 11 is 6.08. The van der Waals surface area contributed by atoms with Gasteiger partial charge in [-0.25, -0.2) is 4.98 Å². The Morgan fingerprint density at radius 3 is 2.71 bits per heavy atom.